The minimum Gasteiger partial charge on any atom is -0.355 e. The molecule has 2 heterocycles. The molecule has 2 fully saturated rings. The lowest BCUT2D eigenvalue weighted by Gasteiger charge is -2.22. The van der Waals surface area contributed by atoms with Gasteiger partial charge in [0.2, 0.25) is 5.91 Å². The molecule has 2 aromatic rings. The lowest BCUT2D eigenvalue weighted by molar-refractivity contribution is -0.119. The molecular formula is C20H18F3N3O2. The number of hydrogen-bond acceptors (Lipinski definition) is 2. The summed E-state index contributed by atoms with van der Waals surface area (Å²) in [6, 6.07) is 7.97. The maximum atomic E-state index is 13.6. The van der Waals surface area contributed by atoms with E-state index in [4.69, 9.17) is 0 Å². The van der Waals surface area contributed by atoms with Crippen LogP contribution < -0.4 is 10.6 Å². The molecule has 8 heteroatoms. The van der Waals surface area contributed by atoms with Crippen molar-refractivity contribution in [3.05, 3.63) is 53.8 Å². The Labute approximate surface area is 159 Å². The van der Waals surface area contributed by atoms with Crippen molar-refractivity contribution < 1.29 is 22.8 Å². The third-order valence-electron chi connectivity index (χ3n) is 5.39. The first-order chi connectivity index (χ1) is 13.4. The summed E-state index contributed by atoms with van der Waals surface area (Å²) < 4.78 is 40.5. The largest absolute Gasteiger partial charge is 0.355 e. The Morgan fingerprint density at radius 3 is 2.54 bits per heavy atom. The summed E-state index contributed by atoms with van der Waals surface area (Å²) in [6.45, 7) is 1.53. The zero-order valence-corrected chi connectivity index (χ0v) is 14.9. The van der Waals surface area contributed by atoms with Gasteiger partial charge in [-0.15, -0.1) is 0 Å². The van der Waals surface area contributed by atoms with E-state index in [2.05, 4.69) is 10.6 Å². The van der Waals surface area contributed by atoms with Crippen LogP contribution in [0.15, 0.2) is 36.4 Å². The van der Waals surface area contributed by atoms with Gasteiger partial charge in [0.1, 0.15) is 0 Å². The van der Waals surface area contributed by atoms with Crippen LogP contribution in [0.3, 0.4) is 0 Å². The first-order valence-electron chi connectivity index (χ1n) is 8.93. The zero-order valence-electron chi connectivity index (χ0n) is 14.9. The van der Waals surface area contributed by atoms with Crippen LogP contribution in [0.25, 0.3) is 11.1 Å². The second kappa shape index (κ2) is 6.85. The van der Waals surface area contributed by atoms with Gasteiger partial charge in [-0.3, -0.25) is 4.79 Å². The molecule has 2 saturated heterocycles. The van der Waals surface area contributed by atoms with Gasteiger partial charge in [0, 0.05) is 37.0 Å². The highest BCUT2D eigenvalue weighted by Gasteiger charge is 2.45. The van der Waals surface area contributed by atoms with E-state index in [1.807, 2.05) is 0 Å². The van der Waals surface area contributed by atoms with Gasteiger partial charge < -0.3 is 15.5 Å². The molecule has 1 spiro atoms. The van der Waals surface area contributed by atoms with Crippen molar-refractivity contribution in [2.45, 2.75) is 12.8 Å². The van der Waals surface area contributed by atoms with Crippen molar-refractivity contribution in [1.82, 2.24) is 10.2 Å². The highest BCUT2D eigenvalue weighted by Crippen LogP contribution is 2.37. The Bertz CT molecular complexity index is 942. The van der Waals surface area contributed by atoms with Gasteiger partial charge in [0.15, 0.2) is 17.5 Å². The van der Waals surface area contributed by atoms with E-state index < -0.39 is 17.5 Å². The van der Waals surface area contributed by atoms with E-state index in [1.54, 1.807) is 29.2 Å². The standard InChI is InChI=1S/C20H18F3N3O2/c21-14-7-12(8-15(22)18(14)23)13-3-1-2-4-16(13)25-19(28)26-6-5-20(11-26)9-17(27)24-10-20/h1-4,7-8H,5-6,9-11H2,(H,24,27)(H,25,28). The third-order valence-corrected chi connectivity index (χ3v) is 5.39. The first-order valence-corrected chi connectivity index (χ1v) is 8.93. The molecule has 3 amide bonds. The average Bonchev–Trinajstić information content (AvgIpc) is 3.25. The molecule has 1 unspecified atom stereocenters. The fourth-order valence-electron chi connectivity index (χ4n) is 3.90. The van der Waals surface area contributed by atoms with Gasteiger partial charge in [-0.05, 0) is 30.2 Å². The maximum Gasteiger partial charge on any atom is 0.321 e. The summed E-state index contributed by atoms with van der Waals surface area (Å²) >= 11 is 0. The van der Waals surface area contributed by atoms with E-state index in [-0.39, 0.29) is 22.9 Å². The highest BCUT2D eigenvalue weighted by molar-refractivity contribution is 5.94. The van der Waals surface area contributed by atoms with Crippen molar-refractivity contribution in [3.63, 3.8) is 0 Å². The third kappa shape index (κ3) is 3.30. The zero-order chi connectivity index (χ0) is 19.9. The van der Waals surface area contributed by atoms with Crippen LogP contribution in [-0.4, -0.2) is 36.5 Å². The molecule has 2 aromatic carbocycles. The van der Waals surface area contributed by atoms with Gasteiger partial charge in [0.05, 0.1) is 5.69 Å². The minimum absolute atomic E-state index is 0.00651. The number of para-hydroxylation sites is 1. The van der Waals surface area contributed by atoms with Crippen molar-refractivity contribution in [2.75, 3.05) is 25.0 Å². The fraction of sp³-hybridized carbons (Fsp3) is 0.300. The summed E-state index contributed by atoms with van der Waals surface area (Å²) in [5, 5.41) is 5.57. The van der Waals surface area contributed by atoms with Gasteiger partial charge >= 0.3 is 6.03 Å². The van der Waals surface area contributed by atoms with E-state index >= 15 is 0 Å². The van der Waals surface area contributed by atoms with E-state index in [9.17, 15) is 22.8 Å². The van der Waals surface area contributed by atoms with Crippen LogP contribution >= 0.6 is 0 Å². The normalized spacial score (nSPS) is 21.2. The number of hydrogen-bond donors (Lipinski definition) is 2. The highest BCUT2D eigenvalue weighted by atomic mass is 19.2. The molecule has 28 heavy (non-hydrogen) atoms. The molecule has 5 nitrogen and oxygen atoms in total. The van der Waals surface area contributed by atoms with Gasteiger partial charge in [0.25, 0.3) is 0 Å². The molecule has 0 aliphatic carbocycles. The molecule has 2 N–H and O–H groups in total. The summed E-state index contributed by atoms with van der Waals surface area (Å²) in [7, 11) is 0. The van der Waals surface area contributed by atoms with Crippen LogP contribution in [0.4, 0.5) is 23.7 Å². The summed E-state index contributed by atoms with van der Waals surface area (Å²) in [4.78, 5) is 25.9. The average molecular weight is 389 g/mol. The molecule has 0 bridgehead atoms. The molecule has 4 rings (SSSR count). The van der Waals surface area contributed by atoms with Gasteiger partial charge in [-0.25, -0.2) is 18.0 Å². The number of nitrogens with zero attached hydrogens (tertiary/aromatic N) is 1. The van der Waals surface area contributed by atoms with Crippen LogP contribution in [0.1, 0.15) is 12.8 Å². The van der Waals surface area contributed by atoms with E-state index in [0.717, 1.165) is 18.6 Å². The summed E-state index contributed by atoms with van der Waals surface area (Å²) in [6.07, 6.45) is 1.14. The van der Waals surface area contributed by atoms with Crippen molar-refractivity contribution >= 4 is 17.6 Å². The number of carbonyl (C=O) groups excluding carboxylic acids is 2. The monoisotopic (exact) mass is 389 g/mol. The Morgan fingerprint density at radius 2 is 1.86 bits per heavy atom. The number of carbonyl (C=O) groups is 2. The Balaban J connectivity index is 1.55. The molecule has 0 radical (unpaired) electrons. The van der Waals surface area contributed by atoms with E-state index in [0.29, 0.717) is 37.3 Å². The first kappa shape index (κ1) is 18.3. The summed E-state index contributed by atoms with van der Waals surface area (Å²) in [5.41, 5.74) is 0.632. The molecular weight excluding hydrogens is 371 g/mol. The Hall–Kier alpha value is -3.03. The lowest BCUT2D eigenvalue weighted by atomic mass is 9.86. The van der Waals surface area contributed by atoms with Crippen LogP contribution in [0.2, 0.25) is 0 Å². The second-order valence-electron chi connectivity index (χ2n) is 7.35. The van der Waals surface area contributed by atoms with Crippen molar-refractivity contribution in [2.24, 2.45) is 5.41 Å². The van der Waals surface area contributed by atoms with Gasteiger partial charge in [-0.1, -0.05) is 18.2 Å². The topological polar surface area (TPSA) is 61.4 Å². The second-order valence-corrected chi connectivity index (χ2v) is 7.35. The summed E-state index contributed by atoms with van der Waals surface area (Å²) in [5.74, 6) is -4.13. The quantitative estimate of drug-likeness (QED) is 0.773. The number of anilines is 1. The predicted octanol–water partition coefficient (Wildman–Crippen LogP) is 3.51. The molecule has 1 atom stereocenters. The number of urea groups is 1. The Morgan fingerprint density at radius 1 is 1.14 bits per heavy atom. The van der Waals surface area contributed by atoms with E-state index in [1.165, 1.54) is 0 Å². The minimum atomic E-state index is -1.53. The number of amides is 3. The fourth-order valence-corrected chi connectivity index (χ4v) is 3.90. The van der Waals surface area contributed by atoms with Crippen molar-refractivity contribution in [3.8, 4) is 11.1 Å². The van der Waals surface area contributed by atoms with Crippen LogP contribution in [-0.2, 0) is 4.79 Å². The lowest BCUT2D eigenvalue weighted by Crippen LogP contribution is -2.36. The predicted molar refractivity (Wildman–Crippen MR) is 97.0 cm³/mol. The van der Waals surface area contributed by atoms with Gasteiger partial charge in [-0.2, -0.15) is 0 Å². The number of benzene rings is 2. The molecule has 2 aliphatic rings. The number of likely N-dealkylation sites (tertiary alicyclic amines) is 1. The smallest absolute Gasteiger partial charge is 0.321 e. The number of halogens is 3. The Kier molecular flexibility index (Phi) is 4.49. The number of nitrogens with one attached hydrogen (secondary N) is 2. The SMILES string of the molecule is O=C1CC2(CCN(C(=O)Nc3ccccc3-c3cc(F)c(F)c(F)c3)C2)CN1. The maximum absolute atomic E-state index is 13.6. The molecule has 0 aromatic heterocycles. The number of rotatable bonds is 2. The van der Waals surface area contributed by atoms with Crippen molar-refractivity contribution in [1.29, 1.82) is 0 Å². The van der Waals surface area contributed by atoms with Crippen LogP contribution in [0.5, 0.6) is 0 Å². The molecule has 146 valence electrons. The van der Waals surface area contributed by atoms with Crippen LogP contribution in [0, 0.1) is 22.9 Å². The molecule has 2 aliphatic heterocycles. The molecule has 0 saturated carbocycles.